The highest BCUT2D eigenvalue weighted by Crippen LogP contribution is 2.21. The van der Waals surface area contributed by atoms with Crippen LogP contribution in [0, 0.1) is 13.8 Å². The molecule has 0 aliphatic carbocycles. The summed E-state index contributed by atoms with van der Waals surface area (Å²) in [6.07, 6.45) is 0.875. The fourth-order valence-electron chi connectivity index (χ4n) is 2.35. The maximum absolute atomic E-state index is 12.7. The van der Waals surface area contributed by atoms with Crippen LogP contribution in [0.5, 0.6) is 0 Å². The molecule has 3 nitrogen and oxygen atoms in total. The van der Waals surface area contributed by atoms with E-state index in [2.05, 4.69) is 18.4 Å². The van der Waals surface area contributed by atoms with Crippen LogP contribution in [0.3, 0.4) is 0 Å². The number of rotatable bonds is 4. The van der Waals surface area contributed by atoms with Gasteiger partial charge in [0.25, 0.3) is 5.91 Å². The fraction of sp³-hybridized carbons (Fsp3) is 0.353. The van der Waals surface area contributed by atoms with E-state index in [0.717, 1.165) is 17.5 Å². The Morgan fingerprint density at radius 2 is 2.05 bits per heavy atom. The number of anilines is 1. The molecule has 1 amide bonds. The second-order valence-corrected chi connectivity index (χ2v) is 6.60. The molecular formula is C17H22N2OS. The third kappa shape index (κ3) is 3.45. The number of aryl methyl sites for hydroxylation is 2. The van der Waals surface area contributed by atoms with Gasteiger partial charge in [-0.2, -0.15) is 0 Å². The van der Waals surface area contributed by atoms with E-state index < -0.39 is 0 Å². The number of hydrogen-bond donors (Lipinski definition) is 1. The molecule has 1 unspecified atom stereocenters. The molecule has 0 aliphatic heterocycles. The van der Waals surface area contributed by atoms with Gasteiger partial charge in [-0.05, 0) is 49.4 Å². The highest BCUT2D eigenvalue weighted by molar-refractivity contribution is 7.09. The first-order chi connectivity index (χ1) is 9.90. The highest BCUT2D eigenvalue weighted by Gasteiger charge is 2.20. The van der Waals surface area contributed by atoms with Crippen molar-refractivity contribution in [2.45, 2.75) is 33.2 Å². The van der Waals surface area contributed by atoms with Crippen LogP contribution in [0.4, 0.5) is 5.69 Å². The maximum Gasteiger partial charge on any atom is 0.254 e. The molecule has 2 aromatic rings. The van der Waals surface area contributed by atoms with Gasteiger partial charge < -0.3 is 10.6 Å². The lowest BCUT2D eigenvalue weighted by Crippen LogP contribution is -2.36. The van der Waals surface area contributed by atoms with Crippen molar-refractivity contribution in [2.24, 2.45) is 0 Å². The SMILES string of the molecule is Cc1cc(C)c(C(=O)N(C)C(C)Cc2cccs2)cc1N. The second kappa shape index (κ2) is 6.31. The van der Waals surface area contributed by atoms with E-state index in [4.69, 9.17) is 5.73 Å². The van der Waals surface area contributed by atoms with Gasteiger partial charge in [-0.1, -0.05) is 12.1 Å². The molecule has 112 valence electrons. The smallest absolute Gasteiger partial charge is 0.254 e. The fourth-order valence-corrected chi connectivity index (χ4v) is 3.17. The van der Waals surface area contributed by atoms with Crippen LogP contribution in [0.1, 0.15) is 33.3 Å². The van der Waals surface area contributed by atoms with Crippen molar-refractivity contribution in [1.82, 2.24) is 4.90 Å². The van der Waals surface area contributed by atoms with Gasteiger partial charge in [0.15, 0.2) is 0 Å². The van der Waals surface area contributed by atoms with Crippen molar-refractivity contribution in [1.29, 1.82) is 0 Å². The van der Waals surface area contributed by atoms with Gasteiger partial charge in [0.2, 0.25) is 0 Å². The summed E-state index contributed by atoms with van der Waals surface area (Å²) in [6.45, 7) is 5.99. The number of nitrogen functional groups attached to an aromatic ring is 1. The van der Waals surface area contributed by atoms with Crippen molar-refractivity contribution in [2.75, 3.05) is 12.8 Å². The predicted molar refractivity (Wildman–Crippen MR) is 89.9 cm³/mol. The molecular weight excluding hydrogens is 280 g/mol. The van der Waals surface area contributed by atoms with E-state index in [1.54, 1.807) is 22.3 Å². The number of nitrogens with zero attached hydrogens (tertiary/aromatic N) is 1. The lowest BCUT2D eigenvalue weighted by atomic mass is 10.0. The average molecular weight is 302 g/mol. The minimum atomic E-state index is 0.0308. The third-order valence-electron chi connectivity index (χ3n) is 3.90. The number of likely N-dealkylation sites (N-methyl/N-ethyl adjacent to an activating group) is 1. The lowest BCUT2D eigenvalue weighted by molar-refractivity contribution is 0.0743. The van der Waals surface area contributed by atoms with Gasteiger partial charge >= 0.3 is 0 Å². The Labute approximate surface area is 130 Å². The second-order valence-electron chi connectivity index (χ2n) is 5.57. The number of amides is 1. The van der Waals surface area contributed by atoms with Crippen molar-refractivity contribution in [3.8, 4) is 0 Å². The van der Waals surface area contributed by atoms with Gasteiger partial charge in [0.1, 0.15) is 0 Å². The molecule has 0 aliphatic rings. The number of carbonyl (C=O) groups excluding carboxylic acids is 1. The van der Waals surface area contributed by atoms with Crippen LogP contribution in [0.15, 0.2) is 29.6 Å². The van der Waals surface area contributed by atoms with Crippen molar-refractivity contribution in [3.63, 3.8) is 0 Å². The normalized spacial score (nSPS) is 12.2. The van der Waals surface area contributed by atoms with Gasteiger partial charge in [0, 0.05) is 35.6 Å². The van der Waals surface area contributed by atoms with E-state index >= 15 is 0 Å². The molecule has 2 N–H and O–H groups in total. The van der Waals surface area contributed by atoms with Crippen molar-refractivity contribution < 1.29 is 4.79 Å². The average Bonchev–Trinajstić information content (AvgIpc) is 2.94. The van der Waals surface area contributed by atoms with Crippen LogP contribution in [0.2, 0.25) is 0 Å². The van der Waals surface area contributed by atoms with Gasteiger partial charge in [-0.3, -0.25) is 4.79 Å². The molecule has 21 heavy (non-hydrogen) atoms. The third-order valence-corrected chi connectivity index (χ3v) is 4.80. The topological polar surface area (TPSA) is 46.3 Å². The van der Waals surface area contributed by atoms with E-state index in [0.29, 0.717) is 11.3 Å². The Hall–Kier alpha value is -1.81. The molecule has 1 aromatic heterocycles. The molecule has 1 atom stereocenters. The summed E-state index contributed by atoms with van der Waals surface area (Å²) in [5.74, 6) is 0.0308. The zero-order chi connectivity index (χ0) is 15.6. The highest BCUT2D eigenvalue weighted by atomic mass is 32.1. The zero-order valence-corrected chi connectivity index (χ0v) is 13.8. The lowest BCUT2D eigenvalue weighted by Gasteiger charge is -2.25. The molecule has 0 saturated carbocycles. The summed E-state index contributed by atoms with van der Waals surface area (Å²) in [5, 5.41) is 2.06. The molecule has 1 aromatic carbocycles. The van der Waals surface area contributed by atoms with Crippen LogP contribution >= 0.6 is 11.3 Å². The first-order valence-electron chi connectivity index (χ1n) is 7.06. The first-order valence-corrected chi connectivity index (χ1v) is 7.94. The number of nitrogens with two attached hydrogens (primary N) is 1. The maximum atomic E-state index is 12.7. The Balaban J connectivity index is 2.17. The Bertz CT molecular complexity index is 634. The van der Waals surface area contributed by atoms with Gasteiger partial charge in [-0.15, -0.1) is 11.3 Å². The molecule has 0 radical (unpaired) electrons. The molecule has 2 rings (SSSR count). The molecule has 0 bridgehead atoms. The number of benzene rings is 1. The summed E-state index contributed by atoms with van der Waals surface area (Å²) < 4.78 is 0. The van der Waals surface area contributed by atoms with Crippen LogP contribution in [-0.2, 0) is 6.42 Å². The summed E-state index contributed by atoms with van der Waals surface area (Å²) in [4.78, 5) is 15.8. The monoisotopic (exact) mass is 302 g/mol. The van der Waals surface area contributed by atoms with Gasteiger partial charge in [-0.25, -0.2) is 0 Å². The first kappa shape index (κ1) is 15.6. The zero-order valence-electron chi connectivity index (χ0n) is 13.0. The van der Waals surface area contributed by atoms with E-state index in [-0.39, 0.29) is 11.9 Å². The van der Waals surface area contributed by atoms with Crippen LogP contribution < -0.4 is 5.73 Å². The van der Waals surface area contributed by atoms with Crippen LogP contribution in [0.25, 0.3) is 0 Å². The van der Waals surface area contributed by atoms with Crippen molar-refractivity contribution in [3.05, 3.63) is 51.2 Å². The largest absolute Gasteiger partial charge is 0.398 e. The Morgan fingerprint density at radius 3 is 2.67 bits per heavy atom. The summed E-state index contributed by atoms with van der Waals surface area (Å²) in [5.41, 5.74) is 9.29. The molecule has 1 heterocycles. The molecule has 0 spiro atoms. The number of hydrogen-bond acceptors (Lipinski definition) is 3. The minimum absolute atomic E-state index is 0.0308. The quantitative estimate of drug-likeness (QED) is 0.876. The summed E-state index contributed by atoms with van der Waals surface area (Å²) in [6, 6.07) is 8.06. The molecule has 4 heteroatoms. The Morgan fingerprint density at radius 1 is 1.33 bits per heavy atom. The number of thiophene rings is 1. The Kier molecular flexibility index (Phi) is 4.68. The van der Waals surface area contributed by atoms with Gasteiger partial charge in [0.05, 0.1) is 0 Å². The standard InChI is InChI=1S/C17H22N2OS/c1-11-8-12(2)16(18)10-15(11)17(20)19(4)13(3)9-14-6-5-7-21-14/h5-8,10,13H,9,18H2,1-4H3. The summed E-state index contributed by atoms with van der Waals surface area (Å²) >= 11 is 1.73. The minimum Gasteiger partial charge on any atom is -0.398 e. The van der Waals surface area contributed by atoms with Crippen molar-refractivity contribution >= 4 is 22.9 Å². The van der Waals surface area contributed by atoms with Crippen LogP contribution in [-0.4, -0.2) is 23.9 Å². The molecule has 0 saturated heterocycles. The summed E-state index contributed by atoms with van der Waals surface area (Å²) in [7, 11) is 1.86. The van der Waals surface area contributed by atoms with E-state index in [9.17, 15) is 4.79 Å². The van der Waals surface area contributed by atoms with E-state index in [1.807, 2.05) is 33.0 Å². The predicted octanol–water partition coefficient (Wildman–Crippen LogP) is 3.65. The van der Waals surface area contributed by atoms with E-state index in [1.165, 1.54) is 4.88 Å². The number of carbonyl (C=O) groups is 1. The molecule has 0 fully saturated rings.